The molecule has 0 N–H and O–H groups in total. The highest BCUT2D eigenvalue weighted by Crippen LogP contribution is 2.44. The summed E-state index contributed by atoms with van der Waals surface area (Å²) in [6.07, 6.45) is 0. The fourth-order valence-electron chi connectivity index (χ4n) is 5.42. The molecule has 0 nitrogen and oxygen atoms in total. The Morgan fingerprint density at radius 3 is 1.45 bits per heavy atom. The number of halogens is 1. The first kappa shape index (κ1) is 18.8. The van der Waals surface area contributed by atoms with Gasteiger partial charge in [0.25, 0.3) is 0 Å². The van der Waals surface area contributed by atoms with Gasteiger partial charge in [-0.15, -0.1) is 0 Å². The van der Waals surface area contributed by atoms with Gasteiger partial charge in [0.05, 0.1) is 0 Å². The topological polar surface area (TPSA) is 0 Å². The Balaban J connectivity index is 1.77. The molecule has 0 fully saturated rings. The van der Waals surface area contributed by atoms with Crippen molar-refractivity contribution < 1.29 is 0 Å². The highest BCUT2D eigenvalue weighted by atomic mass is 79.9. The van der Waals surface area contributed by atoms with E-state index in [1.165, 1.54) is 65.0 Å². The van der Waals surface area contributed by atoms with E-state index in [1.807, 2.05) is 0 Å². The predicted molar refractivity (Wildman–Crippen MR) is 147 cm³/mol. The van der Waals surface area contributed by atoms with Gasteiger partial charge in [0.1, 0.15) is 0 Å². The van der Waals surface area contributed by atoms with Gasteiger partial charge in [0, 0.05) is 4.47 Å². The first-order valence-corrected chi connectivity index (χ1v) is 12.0. The van der Waals surface area contributed by atoms with Gasteiger partial charge >= 0.3 is 0 Å². The molecule has 0 atom stereocenters. The largest absolute Gasteiger partial charge is 0.0616 e. The lowest BCUT2D eigenvalue weighted by Gasteiger charge is -2.17. The van der Waals surface area contributed by atoms with E-state index in [0.29, 0.717) is 0 Å². The Hall–Kier alpha value is -3.68. The molecule has 0 aliphatic carbocycles. The van der Waals surface area contributed by atoms with Crippen LogP contribution < -0.4 is 0 Å². The fourth-order valence-corrected chi connectivity index (χ4v) is 5.99. The predicted octanol–water partition coefficient (Wildman–Crippen LogP) is 9.88. The second-order valence-corrected chi connectivity index (χ2v) is 9.52. The molecule has 0 aliphatic rings. The highest BCUT2D eigenvalue weighted by Gasteiger charge is 2.16. The van der Waals surface area contributed by atoms with Gasteiger partial charge in [-0.2, -0.15) is 0 Å². The summed E-state index contributed by atoms with van der Waals surface area (Å²) in [5.41, 5.74) is 2.60. The van der Waals surface area contributed by atoms with Gasteiger partial charge in [-0.3, -0.25) is 0 Å². The van der Waals surface area contributed by atoms with Crippen LogP contribution in [0.5, 0.6) is 0 Å². The SMILES string of the molecule is Brc1cc2c3ccccc3c(-c3c4ccccc4cc4ccccc34)cc2c2ccccc12. The standard InChI is InChI=1S/C32H19Br/c33-31-19-29-24-13-5-6-14-25(24)30(18-28(29)26-15-7-8-16-27(26)31)32-22-11-3-1-9-20(22)17-21-10-2-4-12-23(21)32/h1-19H. The number of hydrogen-bond donors (Lipinski definition) is 0. The van der Waals surface area contributed by atoms with Crippen LogP contribution in [-0.2, 0) is 0 Å². The molecule has 0 saturated heterocycles. The Bertz CT molecular complexity index is 1820. The fraction of sp³-hybridized carbons (Fsp3) is 0. The van der Waals surface area contributed by atoms with Crippen LogP contribution in [-0.4, -0.2) is 0 Å². The molecule has 0 heterocycles. The molecule has 33 heavy (non-hydrogen) atoms. The highest BCUT2D eigenvalue weighted by molar-refractivity contribution is 9.10. The van der Waals surface area contributed by atoms with Gasteiger partial charge in [0.15, 0.2) is 0 Å². The van der Waals surface area contributed by atoms with Gasteiger partial charge in [-0.05, 0) is 83.2 Å². The average molecular weight is 483 g/mol. The molecule has 0 saturated carbocycles. The van der Waals surface area contributed by atoms with Crippen molar-refractivity contribution in [1.82, 2.24) is 0 Å². The molecular weight excluding hydrogens is 464 g/mol. The minimum absolute atomic E-state index is 1.14. The lowest BCUT2D eigenvalue weighted by atomic mass is 9.86. The molecule has 7 rings (SSSR count). The van der Waals surface area contributed by atoms with E-state index in [0.717, 1.165) is 4.47 Å². The monoisotopic (exact) mass is 482 g/mol. The zero-order valence-electron chi connectivity index (χ0n) is 17.8. The van der Waals surface area contributed by atoms with Crippen molar-refractivity contribution in [2.75, 3.05) is 0 Å². The van der Waals surface area contributed by atoms with Crippen LogP contribution in [0.2, 0.25) is 0 Å². The molecule has 0 amide bonds. The van der Waals surface area contributed by atoms with Crippen molar-refractivity contribution in [3.8, 4) is 11.1 Å². The lowest BCUT2D eigenvalue weighted by Crippen LogP contribution is -1.90. The van der Waals surface area contributed by atoms with Gasteiger partial charge < -0.3 is 0 Å². The van der Waals surface area contributed by atoms with Gasteiger partial charge in [-0.25, -0.2) is 0 Å². The average Bonchev–Trinajstić information content (AvgIpc) is 2.87. The molecule has 0 aromatic heterocycles. The van der Waals surface area contributed by atoms with Crippen LogP contribution in [0.25, 0.3) is 65.0 Å². The van der Waals surface area contributed by atoms with E-state index in [-0.39, 0.29) is 0 Å². The lowest BCUT2D eigenvalue weighted by molar-refractivity contribution is 1.72. The van der Waals surface area contributed by atoms with E-state index in [1.54, 1.807) is 0 Å². The van der Waals surface area contributed by atoms with Crippen molar-refractivity contribution in [3.63, 3.8) is 0 Å². The maximum Gasteiger partial charge on any atom is 0.0260 e. The van der Waals surface area contributed by atoms with Gasteiger partial charge in [0.2, 0.25) is 0 Å². The van der Waals surface area contributed by atoms with Crippen molar-refractivity contribution in [3.05, 3.63) is 120 Å². The summed E-state index contributed by atoms with van der Waals surface area (Å²) in [6.45, 7) is 0. The van der Waals surface area contributed by atoms with Crippen molar-refractivity contribution in [2.24, 2.45) is 0 Å². The second-order valence-electron chi connectivity index (χ2n) is 8.66. The molecule has 0 unspecified atom stereocenters. The first-order valence-electron chi connectivity index (χ1n) is 11.2. The van der Waals surface area contributed by atoms with Gasteiger partial charge in [-0.1, -0.05) is 113 Å². The van der Waals surface area contributed by atoms with Crippen molar-refractivity contribution >= 4 is 69.8 Å². The Morgan fingerprint density at radius 1 is 0.364 bits per heavy atom. The van der Waals surface area contributed by atoms with E-state index < -0.39 is 0 Å². The maximum absolute atomic E-state index is 3.83. The van der Waals surface area contributed by atoms with E-state index >= 15 is 0 Å². The van der Waals surface area contributed by atoms with Crippen LogP contribution in [0.15, 0.2) is 120 Å². The molecule has 1 heteroatoms. The van der Waals surface area contributed by atoms with Crippen LogP contribution in [0.4, 0.5) is 0 Å². The second kappa shape index (κ2) is 7.16. The van der Waals surface area contributed by atoms with Crippen LogP contribution >= 0.6 is 15.9 Å². The maximum atomic E-state index is 3.83. The Morgan fingerprint density at radius 2 is 0.818 bits per heavy atom. The van der Waals surface area contributed by atoms with Crippen LogP contribution in [0, 0.1) is 0 Å². The molecule has 7 aromatic carbocycles. The summed E-state index contributed by atoms with van der Waals surface area (Å²) < 4.78 is 1.14. The van der Waals surface area contributed by atoms with E-state index in [2.05, 4.69) is 131 Å². The summed E-state index contributed by atoms with van der Waals surface area (Å²) >= 11 is 3.83. The normalized spacial score (nSPS) is 11.8. The van der Waals surface area contributed by atoms with Crippen LogP contribution in [0.3, 0.4) is 0 Å². The quantitative estimate of drug-likeness (QED) is 0.161. The molecule has 154 valence electrons. The number of fused-ring (bicyclic) bond motifs is 7. The first-order chi connectivity index (χ1) is 16.3. The number of benzene rings is 7. The molecular formula is C32H19Br. The molecule has 0 spiro atoms. The summed E-state index contributed by atoms with van der Waals surface area (Å²) in [5.74, 6) is 0. The molecule has 7 aromatic rings. The minimum Gasteiger partial charge on any atom is -0.0616 e. The third-order valence-electron chi connectivity index (χ3n) is 6.87. The van der Waals surface area contributed by atoms with Crippen LogP contribution in [0.1, 0.15) is 0 Å². The zero-order valence-corrected chi connectivity index (χ0v) is 19.4. The smallest absolute Gasteiger partial charge is 0.0260 e. The minimum atomic E-state index is 1.14. The zero-order chi connectivity index (χ0) is 21.9. The Kier molecular flexibility index (Phi) is 4.09. The third kappa shape index (κ3) is 2.76. The molecule has 0 bridgehead atoms. The number of hydrogen-bond acceptors (Lipinski definition) is 0. The third-order valence-corrected chi connectivity index (χ3v) is 7.53. The van der Waals surface area contributed by atoms with Crippen molar-refractivity contribution in [2.45, 2.75) is 0 Å². The summed E-state index contributed by atoms with van der Waals surface area (Å²) in [5, 5.41) is 12.8. The Labute approximate surface area is 200 Å². The summed E-state index contributed by atoms with van der Waals surface area (Å²) in [4.78, 5) is 0. The summed E-state index contributed by atoms with van der Waals surface area (Å²) in [6, 6.07) is 42.0. The molecule has 0 aliphatic heterocycles. The van der Waals surface area contributed by atoms with Crippen molar-refractivity contribution in [1.29, 1.82) is 0 Å². The molecule has 0 radical (unpaired) electrons. The van der Waals surface area contributed by atoms with E-state index in [9.17, 15) is 0 Å². The summed E-state index contributed by atoms with van der Waals surface area (Å²) in [7, 11) is 0. The number of rotatable bonds is 1. The van der Waals surface area contributed by atoms with E-state index in [4.69, 9.17) is 0 Å².